The van der Waals surface area contributed by atoms with Crippen LogP contribution in [-0.2, 0) is 9.53 Å². The van der Waals surface area contributed by atoms with Crippen LogP contribution >= 0.6 is 0 Å². The number of aromatic nitrogens is 5. The minimum absolute atomic E-state index is 0.0185. The third-order valence-electron chi connectivity index (χ3n) is 6.21. The zero-order valence-electron chi connectivity index (χ0n) is 18.1. The Labute approximate surface area is 191 Å². The van der Waals surface area contributed by atoms with Crippen molar-refractivity contribution in [1.82, 2.24) is 24.6 Å². The number of aromatic amines is 1. The lowest BCUT2D eigenvalue weighted by molar-refractivity contribution is -0.274. The van der Waals surface area contributed by atoms with E-state index in [9.17, 15) is 18.0 Å². The molecule has 0 saturated heterocycles. The van der Waals surface area contributed by atoms with Crippen LogP contribution in [0.5, 0.6) is 5.75 Å². The van der Waals surface area contributed by atoms with Gasteiger partial charge in [-0.1, -0.05) is 12.1 Å². The highest BCUT2D eigenvalue weighted by atomic mass is 19.4. The van der Waals surface area contributed by atoms with Crippen molar-refractivity contribution in [3.63, 3.8) is 0 Å². The second-order valence-electron chi connectivity index (χ2n) is 8.25. The van der Waals surface area contributed by atoms with Crippen LogP contribution in [-0.4, -0.2) is 44.0 Å². The Kier molecular flexibility index (Phi) is 5.29. The number of halogens is 3. The van der Waals surface area contributed by atoms with Gasteiger partial charge in [0.1, 0.15) is 23.4 Å². The van der Waals surface area contributed by atoms with Crippen molar-refractivity contribution in [2.45, 2.75) is 38.0 Å². The van der Waals surface area contributed by atoms with Gasteiger partial charge in [-0.25, -0.2) is 14.5 Å². The average Bonchev–Trinajstić information content (AvgIpc) is 3.41. The lowest BCUT2D eigenvalue weighted by Crippen LogP contribution is -2.23. The number of para-hydroxylation sites is 1. The molecule has 0 atom stereocenters. The summed E-state index contributed by atoms with van der Waals surface area (Å²) in [6, 6.07) is 6.08. The van der Waals surface area contributed by atoms with Gasteiger partial charge < -0.3 is 20.2 Å². The monoisotopic (exact) mass is 474 g/mol. The van der Waals surface area contributed by atoms with Crippen molar-refractivity contribution in [3.05, 3.63) is 36.4 Å². The number of nitrogens with one attached hydrogen (secondary N) is 1. The summed E-state index contributed by atoms with van der Waals surface area (Å²) in [7, 11) is 1.38. The fourth-order valence-electron chi connectivity index (χ4n) is 4.65. The predicted molar refractivity (Wildman–Crippen MR) is 116 cm³/mol. The SMILES string of the molecule is COC(=O)C1CCC(c2nc(-c3cc4cccc(OC(F)(F)F)c4[nH]3)c3c(N)ncnn23)CC1. The zero-order chi connectivity index (χ0) is 24.0. The summed E-state index contributed by atoms with van der Waals surface area (Å²) in [5, 5.41) is 4.86. The van der Waals surface area contributed by atoms with Gasteiger partial charge in [0.2, 0.25) is 0 Å². The summed E-state index contributed by atoms with van der Waals surface area (Å²) in [5.74, 6) is 0.168. The minimum atomic E-state index is -4.82. The first-order valence-corrected chi connectivity index (χ1v) is 10.7. The molecule has 1 aromatic carbocycles. The minimum Gasteiger partial charge on any atom is -0.469 e. The summed E-state index contributed by atoms with van der Waals surface area (Å²) in [4.78, 5) is 23.8. The molecule has 0 amide bonds. The number of carbonyl (C=O) groups is 1. The number of imidazole rings is 1. The topological polar surface area (TPSA) is 120 Å². The summed E-state index contributed by atoms with van der Waals surface area (Å²) in [6.45, 7) is 0. The zero-order valence-corrected chi connectivity index (χ0v) is 18.1. The highest BCUT2D eigenvalue weighted by molar-refractivity contribution is 5.93. The van der Waals surface area contributed by atoms with E-state index in [1.54, 1.807) is 16.6 Å². The maximum absolute atomic E-state index is 12.9. The van der Waals surface area contributed by atoms with Crippen molar-refractivity contribution in [3.8, 4) is 17.1 Å². The maximum Gasteiger partial charge on any atom is 0.573 e. The predicted octanol–water partition coefficient (Wildman–Crippen LogP) is 4.20. The Hall–Kier alpha value is -3.83. The highest BCUT2D eigenvalue weighted by Gasteiger charge is 2.33. The molecule has 0 radical (unpaired) electrons. The molecule has 4 aromatic rings. The number of carbonyl (C=O) groups excluding carboxylic acids is 1. The molecule has 5 rings (SSSR count). The van der Waals surface area contributed by atoms with Gasteiger partial charge in [0.25, 0.3) is 0 Å². The van der Waals surface area contributed by atoms with E-state index < -0.39 is 6.36 Å². The standard InChI is InChI=1S/C22H21F3N6O3/c1-33-21(32)12-7-5-11(6-8-12)20-30-17(18-19(26)27-10-28-31(18)20)14-9-13-3-2-4-15(16(13)29-14)34-22(23,24)25/h2-4,9-12,29H,5-8H2,1H3,(H2,26,27,28). The van der Waals surface area contributed by atoms with Gasteiger partial charge in [-0.05, 0) is 37.8 Å². The number of benzene rings is 1. The lowest BCUT2D eigenvalue weighted by Gasteiger charge is -2.25. The van der Waals surface area contributed by atoms with Gasteiger partial charge >= 0.3 is 12.3 Å². The number of anilines is 1. The molecule has 0 bridgehead atoms. The summed E-state index contributed by atoms with van der Waals surface area (Å²) >= 11 is 0. The molecular weight excluding hydrogens is 453 g/mol. The molecule has 0 aliphatic heterocycles. The summed E-state index contributed by atoms with van der Waals surface area (Å²) < 4.78 is 49.2. The van der Waals surface area contributed by atoms with Crippen molar-refractivity contribution >= 4 is 28.2 Å². The number of fused-ring (bicyclic) bond motifs is 2. The van der Waals surface area contributed by atoms with Crippen molar-refractivity contribution < 1.29 is 27.4 Å². The normalized spacial score (nSPS) is 18.9. The number of H-pyrrole nitrogens is 1. The number of nitrogens with zero attached hydrogens (tertiary/aromatic N) is 4. The van der Waals surface area contributed by atoms with Gasteiger partial charge in [-0.2, -0.15) is 5.10 Å². The molecule has 0 unspecified atom stereocenters. The maximum atomic E-state index is 12.9. The third-order valence-corrected chi connectivity index (χ3v) is 6.21. The quantitative estimate of drug-likeness (QED) is 0.425. The van der Waals surface area contributed by atoms with E-state index in [1.165, 1.54) is 25.6 Å². The Morgan fingerprint density at radius 2 is 2.00 bits per heavy atom. The molecule has 3 aromatic heterocycles. The van der Waals surface area contributed by atoms with Gasteiger partial charge in [-0.15, -0.1) is 13.2 Å². The number of alkyl halides is 3. The molecule has 1 aliphatic rings. The molecular formula is C22H21F3N6O3. The molecule has 1 fully saturated rings. The van der Waals surface area contributed by atoms with Crippen LogP contribution in [0.3, 0.4) is 0 Å². The number of hydrogen-bond acceptors (Lipinski definition) is 7. The van der Waals surface area contributed by atoms with Crippen LogP contribution in [0.2, 0.25) is 0 Å². The molecule has 9 nitrogen and oxygen atoms in total. The number of hydrogen-bond donors (Lipinski definition) is 2. The number of methoxy groups -OCH3 is 1. The fraction of sp³-hybridized carbons (Fsp3) is 0.364. The van der Waals surface area contributed by atoms with Crippen LogP contribution < -0.4 is 10.5 Å². The molecule has 3 N–H and O–H groups in total. The van der Waals surface area contributed by atoms with E-state index >= 15 is 0 Å². The Bertz CT molecular complexity index is 1370. The summed E-state index contributed by atoms with van der Waals surface area (Å²) in [5.41, 5.74) is 7.69. The van der Waals surface area contributed by atoms with E-state index in [0.29, 0.717) is 53.8 Å². The Morgan fingerprint density at radius 3 is 2.71 bits per heavy atom. The molecule has 178 valence electrons. The van der Waals surface area contributed by atoms with Crippen molar-refractivity contribution in [2.24, 2.45) is 5.92 Å². The van der Waals surface area contributed by atoms with Gasteiger partial charge in [0.15, 0.2) is 11.6 Å². The Balaban J connectivity index is 1.57. The van der Waals surface area contributed by atoms with Gasteiger partial charge in [-0.3, -0.25) is 4.79 Å². The first-order chi connectivity index (χ1) is 16.2. The van der Waals surface area contributed by atoms with E-state index in [0.717, 1.165) is 0 Å². The van der Waals surface area contributed by atoms with E-state index in [1.807, 2.05) is 0 Å². The van der Waals surface area contributed by atoms with Crippen LogP contribution in [0.4, 0.5) is 19.0 Å². The molecule has 1 saturated carbocycles. The fourth-order valence-corrected chi connectivity index (χ4v) is 4.65. The van der Waals surface area contributed by atoms with Crippen LogP contribution in [0.1, 0.15) is 37.4 Å². The molecule has 3 heterocycles. The number of ether oxygens (including phenoxy) is 2. The Morgan fingerprint density at radius 1 is 1.24 bits per heavy atom. The third kappa shape index (κ3) is 3.88. The van der Waals surface area contributed by atoms with Crippen molar-refractivity contribution in [1.29, 1.82) is 0 Å². The highest BCUT2D eigenvalue weighted by Crippen LogP contribution is 2.39. The smallest absolute Gasteiger partial charge is 0.469 e. The van der Waals surface area contributed by atoms with Crippen molar-refractivity contribution in [2.75, 3.05) is 12.8 Å². The van der Waals surface area contributed by atoms with Gasteiger partial charge in [0, 0.05) is 11.3 Å². The summed E-state index contributed by atoms with van der Waals surface area (Å²) in [6.07, 6.45) is -0.761. The molecule has 1 aliphatic carbocycles. The van der Waals surface area contributed by atoms with Crippen LogP contribution in [0, 0.1) is 5.92 Å². The average molecular weight is 474 g/mol. The molecule has 12 heteroatoms. The van der Waals surface area contributed by atoms with E-state index in [4.69, 9.17) is 15.5 Å². The lowest BCUT2D eigenvalue weighted by atomic mass is 9.81. The number of rotatable bonds is 4. The first kappa shape index (κ1) is 22.0. The number of esters is 1. The first-order valence-electron chi connectivity index (χ1n) is 10.7. The number of nitrogen functional groups attached to an aromatic ring is 1. The van der Waals surface area contributed by atoms with Crippen LogP contribution in [0.25, 0.3) is 27.8 Å². The second-order valence-corrected chi connectivity index (χ2v) is 8.25. The van der Waals surface area contributed by atoms with E-state index in [-0.39, 0.29) is 34.9 Å². The van der Waals surface area contributed by atoms with Gasteiger partial charge in [0.05, 0.1) is 24.2 Å². The second kappa shape index (κ2) is 8.19. The molecule has 0 spiro atoms. The van der Waals surface area contributed by atoms with E-state index in [2.05, 4.69) is 19.8 Å². The largest absolute Gasteiger partial charge is 0.573 e. The molecule has 34 heavy (non-hydrogen) atoms. The van der Waals surface area contributed by atoms with Crippen LogP contribution in [0.15, 0.2) is 30.6 Å². The number of nitrogens with two attached hydrogens (primary N) is 1.